The maximum Gasteiger partial charge on any atom is 0.340 e. The van der Waals surface area contributed by atoms with Gasteiger partial charge in [-0.3, -0.25) is 4.79 Å². The SMILES string of the molecule is Cc1ccc(C(=O)COC(=O)c2ccc(Cl)cc2N)s1. The van der Waals surface area contributed by atoms with E-state index in [-0.39, 0.29) is 23.6 Å². The largest absolute Gasteiger partial charge is 0.454 e. The second-order valence-corrected chi connectivity index (χ2v) is 5.87. The van der Waals surface area contributed by atoms with Crippen LogP contribution in [0, 0.1) is 6.92 Å². The molecule has 0 bridgehead atoms. The lowest BCUT2D eigenvalue weighted by Crippen LogP contribution is -2.14. The molecule has 0 spiro atoms. The number of Topliss-reactive ketones (excluding diaryl/α,β-unsaturated/α-hetero) is 1. The number of carbonyl (C=O) groups is 2. The van der Waals surface area contributed by atoms with Gasteiger partial charge in [0, 0.05) is 15.6 Å². The molecule has 20 heavy (non-hydrogen) atoms. The molecule has 0 radical (unpaired) electrons. The molecular formula is C14H12ClNO3S. The van der Waals surface area contributed by atoms with Gasteiger partial charge in [-0.05, 0) is 37.3 Å². The lowest BCUT2D eigenvalue weighted by Gasteiger charge is -2.06. The van der Waals surface area contributed by atoms with Crippen LogP contribution in [0.1, 0.15) is 24.9 Å². The molecule has 0 atom stereocenters. The lowest BCUT2D eigenvalue weighted by molar-refractivity contribution is 0.0477. The van der Waals surface area contributed by atoms with E-state index >= 15 is 0 Å². The van der Waals surface area contributed by atoms with Crippen molar-refractivity contribution in [2.75, 3.05) is 12.3 Å². The summed E-state index contributed by atoms with van der Waals surface area (Å²) in [6, 6.07) is 8.03. The standard InChI is InChI=1S/C14H12ClNO3S/c1-8-2-5-13(20-8)12(17)7-19-14(18)10-4-3-9(15)6-11(10)16/h2-6H,7,16H2,1H3. The Hall–Kier alpha value is -1.85. The van der Waals surface area contributed by atoms with Gasteiger partial charge in [-0.25, -0.2) is 4.79 Å². The number of esters is 1. The summed E-state index contributed by atoms with van der Waals surface area (Å²) in [5.41, 5.74) is 6.10. The average molecular weight is 310 g/mol. The number of aryl methyl sites for hydroxylation is 1. The zero-order valence-electron chi connectivity index (χ0n) is 10.7. The third kappa shape index (κ3) is 3.37. The van der Waals surface area contributed by atoms with Crippen LogP contribution in [0.15, 0.2) is 30.3 Å². The predicted octanol–water partition coefficient (Wildman–Crippen LogP) is 3.33. The molecule has 104 valence electrons. The highest BCUT2D eigenvalue weighted by molar-refractivity contribution is 7.14. The third-order valence-corrected chi connectivity index (χ3v) is 3.86. The van der Waals surface area contributed by atoms with Gasteiger partial charge in [-0.2, -0.15) is 0 Å². The van der Waals surface area contributed by atoms with Crippen molar-refractivity contribution in [1.82, 2.24) is 0 Å². The third-order valence-electron chi connectivity index (χ3n) is 2.58. The van der Waals surface area contributed by atoms with Gasteiger partial charge >= 0.3 is 5.97 Å². The number of rotatable bonds is 4. The van der Waals surface area contributed by atoms with Crippen molar-refractivity contribution in [3.63, 3.8) is 0 Å². The van der Waals surface area contributed by atoms with Crippen molar-refractivity contribution < 1.29 is 14.3 Å². The summed E-state index contributed by atoms with van der Waals surface area (Å²) in [6.45, 7) is 1.60. The zero-order chi connectivity index (χ0) is 14.7. The molecule has 0 aliphatic carbocycles. The van der Waals surface area contributed by atoms with Crippen molar-refractivity contribution in [2.24, 2.45) is 0 Å². The Bertz CT molecular complexity index is 666. The van der Waals surface area contributed by atoms with Crippen molar-refractivity contribution >= 4 is 40.4 Å². The van der Waals surface area contributed by atoms with Crippen molar-refractivity contribution in [1.29, 1.82) is 0 Å². The van der Waals surface area contributed by atoms with Gasteiger partial charge in [0.1, 0.15) is 0 Å². The molecule has 2 rings (SSSR count). The van der Waals surface area contributed by atoms with Crippen LogP contribution in [0.4, 0.5) is 5.69 Å². The summed E-state index contributed by atoms with van der Waals surface area (Å²) >= 11 is 7.11. The molecule has 0 unspecified atom stereocenters. The first-order valence-electron chi connectivity index (χ1n) is 5.79. The second kappa shape index (κ2) is 6.07. The Morgan fingerprint density at radius 3 is 2.65 bits per heavy atom. The molecule has 0 aliphatic heterocycles. The molecule has 0 amide bonds. The minimum atomic E-state index is -0.638. The van der Waals surface area contributed by atoms with Gasteiger partial charge in [-0.1, -0.05) is 11.6 Å². The van der Waals surface area contributed by atoms with Crippen LogP contribution in [0.3, 0.4) is 0 Å². The van der Waals surface area contributed by atoms with Crippen LogP contribution in [-0.4, -0.2) is 18.4 Å². The maximum atomic E-state index is 11.8. The van der Waals surface area contributed by atoms with Gasteiger partial charge in [0.15, 0.2) is 6.61 Å². The number of nitrogen functional groups attached to an aromatic ring is 1. The van der Waals surface area contributed by atoms with Crippen LogP contribution in [0.2, 0.25) is 5.02 Å². The highest BCUT2D eigenvalue weighted by Crippen LogP contribution is 2.19. The highest BCUT2D eigenvalue weighted by Gasteiger charge is 2.15. The number of nitrogens with two attached hydrogens (primary N) is 1. The molecule has 0 fully saturated rings. The van der Waals surface area contributed by atoms with Crippen molar-refractivity contribution in [3.8, 4) is 0 Å². The maximum absolute atomic E-state index is 11.8. The Kier molecular flexibility index (Phi) is 4.42. The van der Waals surface area contributed by atoms with E-state index in [1.165, 1.54) is 23.5 Å². The van der Waals surface area contributed by atoms with Gasteiger partial charge in [-0.15, -0.1) is 11.3 Å². The number of carbonyl (C=O) groups excluding carboxylic acids is 2. The monoisotopic (exact) mass is 309 g/mol. The summed E-state index contributed by atoms with van der Waals surface area (Å²) in [4.78, 5) is 25.2. The molecular weight excluding hydrogens is 298 g/mol. The number of hydrogen-bond donors (Lipinski definition) is 1. The van der Waals surface area contributed by atoms with E-state index in [0.717, 1.165) is 4.88 Å². The molecule has 1 aromatic heterocycles. The average Bonchev–Trinajstić information content (AvgIpc) is 2.82. The van der Waals surface area contributed by atoms with Crippen LogP contribution in [0.25, 0.3) is 0 Å². The molecule has 6 heteroatoms. The Morgan fingerprint density at radius 2 is 2.05 bits per heavy atom. The van der Waals surface area contributed by atoms with Crippen LogP contribution in [0.5, 0.6) is 0 Å². The van der Waals surface area contributed by atoms with Gasteiger partial charge < -0.3 is 10.5 Å². The van der Waals surface area contributed by atoms with E-state index in [0.29, 0.717) is 9.90 Å². The fraction of sp³-hybridized carbons (Fsp3) is 0.143. The molecule has 0 aliphatic rings. The summed E-state index contributed by atoms with van der Waals surface area (Å²) < 4.78 is 4.97. The molecule has 1 heterocycles. The fourth-order valence-electron chi connectivity index (χ4n) is 1.58. The van der Waals surface area contributed by atoms with E-state index in [9.17, 15) is 9.59 Å². The van der Waals surface area contributed by atoms with E-state index in [2.05, 4.69) is 0 Å². The fourth-order valence-corrected chi connectivity index (χ4v) is 2.56. The summed E-state index contributed by atoms with van der Waals surface area (Å²) in [7, 11) is 0. The summed E-state index contributed by atoms with van der Waals surface area (Å²) in [5, 5.41) is 0.434. The van der Waals surface area contributed by atoms with Crippen LogP contribution in [-0.2, 0) is 4.74 Å². The van der Waals surface area contributed by atoms with E-state index in [4.69, 9.17) is 22.1 Å². The Balaban J connectivity index is 2.00. The predicted molar refractivity (Wildman–Crippen MR) is 79.5 cm³/mol. The zero-order valence-corrected chi connectivity index (χ0v) is 12.3. The number of halogens is 1. The first-order valence-corrected chi connectivity index (χ1v) is 6.98. The number of hydrogen-bond acceptors (Lipinski definition) is 5. The summed E-state index contributed by atoms with van der Waals surface area (Å²) in [6.07, 6.45) is 0. The number of ether oxygens (including phenoxy) is 1. The second-order valence-electron chi connectivity index (χ2n) is 4.14. The minimum Gasteiger partial charge on any atom is -0.454 e. The summed E-state index contributed by atoms with van der Waals surface area (Å²) in [5.74, 6) is -0.871. The lowest BCUT2D eigenvalue weighted by atomic mass is 10.2. The topological polar surface area (TPSA) is 69.4 Å². The van der Waals surface area contributed by atoms with Crippen molar-refractivity contribution in [3.05, 3.63) is 50.7 Å². The van der Waals surface area contributed by atoms with Gasteiger partial charge in [0.05, 0.1) is 10.4 Å². The first-order chi connectivity index (χ1) is 9.47. The quantitative estimate of drug-likeness (QED) is 0.534. The first kappa shape index (κ1) is 14.6. The van der Waals surface area contributed by atoms with Crippen molar-refractivity contribution in [2.45, 2.75) is 6.92 Å². The molecule has 1 aromatic carbocycles. The molecule has 0 saturated heterocycles. The number of thiophene rings is 1. The smallest absolute Gasteiger partial charge is 0.340 e. The Labute approximate surface area is 125 Å². The number of anilines is 1. The van der Waals surface area contributed by atoms with E-state index in [1.54, 1.807) is 12.1 Å². The van der Waals surface area contributed by atoms with E-state index < -0.39 is 5.97 Å². The molecule has 2 aromatic rings. The number of benzene rings is 1. The molecule has 0 saturated carbocycles. The molecule has 4 nitrogen and oxygen atoms in total. The van der Waals surface area contributed by atoms with Gasteiger partial charge in [0.2, 0.25) is 5.78 Å². The molecule has 2 N–H and O–H groups in total. The minimum absolute atomic E-state index is 0.199. The van der Waals surface area contributed by atoms with Crippen LogP contribution >= 0.6 is 22.9 Å². The highest BCUT2D eigenvalue weighted by atomic mass is 35.5. The van der Waals surface area contributed by atoms with Gasteiger partial charge in [0.25, 0.3) is 0 Å². The van der Waals surface area contributed by atoms with Crippen LogP contribution < -0.4 is 5.73 Å². The number of ketones is 1. The van der Waals surface area contributed by atoms with E-state index in [1.807, 2.05) is 13.0 Å². The normalized spacial score (nSPS) is 10.3. The Morgan fingerprint density at radius 1 is 1.30 bits per heavy atom.